The predicted octanol–water partition coefficient (Wildman–Crippen LogP) is 3.10. The van der Waals surface area contributed by atoms with Gasteiger partial charge in [-0.25, -0.2) is 4.98 Å². The Morgan fingerprint density at radius 3 is 2.88 bits per heavy atom. The van der Waals surface area contributed by atoms with Crippen molar-refractivity contribution in [3.8, 4) is 0 Å². The maximum atomic E-state index is 12.2. The number of para-hydroxylation sites is 1. The van der Waals surface area contributed by atoms with Crippen LogP contribution in [0.4, 0.5) is 0 Å². The number of carbonyl (C=O) groups is 1. The largest absolute Gasteiger partial charge is 0.353 e. The highest BCUT2D eigenvalue weighted by atomic mass is 32.2. The average molecular weight is 345 g/mol. The van der Waals surface area contributed by atoms with Gasteiger partial charge in [-0.15, -0.1) is 0 Å². The van der Waals surface area contributed by atoms with Crippen LogP contribution in [0.2, 0.25) is 0 Å². The first-order valence-corrected chi connectivity index (χ1v) is 9.53. The molecule has 3 rings (SSSR count). The summed E-state index contributed by atoms with van der Waals surface area (Å²) in [5.74, 6) is 0.846. The molecule has 1 fully saturated rings. The quantitative estimate of drug-likeness (QED) is 0.645. The molecule has 1 aliphatic carbocycles. The summed E-state index contributed by atoms with van der Waals surface area (Å²) in [6.07, 6.45) is 6.25. The fourth-order valence-corrected chi connectivity index (χ4v) is 3.99. The van der Waals surface area contributed by atoms with Gasteiger partial charge in [0, 0.05) is 6.04 Å². The summed E-state index contributed by atoms with van der Waals surface area (Å²) in [7, 11) is 0. The van der Waals surface area contributed by atoms with Gasteiger partial charge in [0.05, 0.1) is 16.7 Å². The first-order valence-electron chi connectivity index (χ1n) is 8.55. The summed E-state index contributed by atoms with van der Waals surface area (Å²) in [6, 6.07) is 7.42. The van der Waals surface area contributed by atoms with Crippen LogP contribution >= 0.6 is 11.8 Å². The van der Waals surface area contributed by atoms with Crippen molar-refractivity contribution in [3.05, 3.63) is 34.6 Å². The average Bonchev–Trinajstić information content (AvgIpc) is 2.61. The minimum atomic E-state index is -0.168. The number of H-pyrrole nitrogens is 1. The van der Waals surface area contributed by atoms with E-state index < -0.39 is 0 Å². The van der Waals surface area contributed by atoms with Crippen LogP contribution < -0.4 is 10.9 Å². The van der Waals surface area contributed by atoms with E-state index in [1.165, 1.54) is 43.9 Å². The normalized spacial score (nSPS) is 16.9. The first-order chi connectivity index (χ1) is 11.6. The molecular formula is C18H23N3O2S. The molecule has 0 unspecified atom stereocenters. The van der Waals surface area contributed by atoms with Crippen LogP contribution in [0.5, 0.6) is 0 Å². The van der Waals surface area contributed by atoms with Crippen molar-refractivity contribution in [2.75, 3.05) is 5.75 Å². The smallest absolute Gasteiger partial charge is 0.259 e. The molecule has 1 saturated carbocycles. The molecule has 1 aromatic carbocycles. The Kier molecular flexibility index (Phi) is 5.56. The Hall–Kier alpha value is -1.82. The highest BCUT2D eigenvalue weighted by Gasteiger charge is 2.21. The molecule has 2 aromatic rings. The number of amides is 1. The Balaban J connectivity index is 1.57. The van der Waals surface area contributed by atoms with E-state index in [1.54, 1.807) is 12.1 Å². The SMILES string of the molecule is C[C@@H](NC(=O)CSc1nc2ccccc2c(=O)[nH]1)C1CCCCC1. The van der Waals surface area contributed by atoms with Gasteiger partial charge in [0.15, 0.2) is 5.16 Å². The van der Waals surface area contributed by atoms with Gasteiger partial charge in [0.25, 0.3) is 5.56 Å². The van der Waals surface area contributed by atoms with Crippen LogP contribution in [-0.4, -0.2) is 27.7 Å². The minimum Gasteiger partial charge on any atom is -0.353 e. The van der Waals surface area contributed by atoms with Crippen molar-refractivity contribution in [3.63, 3.8) is 0 Å². The molecule has 0 saturated heterocycles. The second-order valence-corrected chi connectivity index (χ2v) is 7.40. The van der Waals surface area contributed by atoms with Crippen LogP contribution in [0.3, 0.4) is 0 Å². The van der Waals surface area contributed by atoms with Crippen molar-refractivity contribution in [2.45, 2.75) is 50.2 Å². The van der Waals surface area contributed by atoms with Gasteiger partial charge in [0.1, 0.15) is 0 Å². The molecule has 128 valence electrons. The summed E-state index contributed by atoms with van der Waals surface area (Å²) in [6.45, 7) is 2.09. The molecule has 1 aliphatic rings. The number of carbonyl (C=O) groups excluding carboxylic acids is 1. The van der Waals surface area contributed by atoms with E-state index in [1.807, 2.05) is 12.1 Å². The van der Waals surface area contributed by atoms with Crippen LogP contribution in [-0.2, 0) is 4.79 Å². The lowest BCUT2D eigenvalue weighted by molar-refractivity contribution is -0.119. The summed E-state index contributed by atoms with van der Waals surface area (Å²) < 4.78 is 0. The van der Waals surface area contributed by atoms with E-state index in [9.17, 15) is 9.59 Å². The lowest BCUT2D eigenvalue weighted by atomic mass is 9.84. The Morgan fingerprint density at radius 2 is 2.08 bits per heavy atom. The minimum absolute atomic E-state index is 0.00567. The molecule has 5 nitrogen and oxygen atoms in total. The third-order valence-corrected chi connectivity index (χ3v) is 5.55. The standard InChI is InChI=1S/C18H23N3O2S/c1-12(13-7-3-2-4-8-13)19-16(22)11-24-18-20-15-10-6-5-9-14(15)17(23)21-18/h5-6,9-10,12-13H,2-4,7-8,11H2,1H3,(H,19,22)(H,20,21,23)/t12-/m1/s1. The summed E-state index contributed by atoms with van der Waals surface area (Å²) >= 11 is 1.27. The lowest BCUT2D eigenvalue weighted by Gasteiger charge is -2.28. The highest BCUT2D eigenvalue weighted by Crippen LogP contribution is 2.26. The molecule has 1 heterocycles. The van der Waals surface area contributed by atoms with E-state index in [4.69, 9.17) is 0 Å². The van der Waals surface area contributed by atoms with Crippen LogP contribution in [0.15, 0.2) is 34.2 Å². The molecule has 0 spiro atoms. The predicted molar refractivity (Wildman–Crippen MR) is 97.3 cm³/mol. The van der Waals surface area contributed by atoms with E-state index in [0.717, 1.165) is 0 Å². The summed E-state index contributed by atoms with van der Waals surface area (Å²) in [5.41, 5.74) is 0.485. The number of aromatic amines is 1. The van der Waals surface area contributed by atoms with Gasteiger partial charge in [0.2, 0.25) is 5.91 Å². The van der Waals surface area contributed by atoms with E-state index in [-0.39, 0.29) is 23.3 Å². The van der Waals surface area contributed by atoms with Gasteiger partial charge < -0.3 is 10.3 Å². The van der Waals surface area contributed by atoms with Gasteiger partial charge >= 0.3 is 0 Å². The maximum Gasteiger partial charge on any atom is 0.259 e. The number of rotatable bonds is 5. The zero-order valence-electron chi connectivity index (χ0n) is 13.9. The fraction of sp³-hybridized carbons (Fsp3) is 0.500. The van der Waals surface area contributed by atoms with Gasteiger partial charge in [-0.2, -0.15) is 0 Å². The molecule has 1 aromatic heterocycles. The lowest BCUT2D eigenvalue weighted by Crippen LogP contribution is -2.39. The summed E-state index contributed by atoms with van der Waals surface area (Å²) in [5, 5.41) is 4.14. The fourth-order valence-electron chi connectivity index (χ4n) is 3.31. The molecule has 2 N–H and O–H groups in total. The zero-order chi connectivity index (χ0) is 16.9. The number of nitrogens with one attached hydrogen (secondary N) is 2. The van der Waals surface area contributed by atoms with Crippen molar-refractivity contribution in [2.24, 2.45) is 5.92 Å². The molecule has 6 heteroatoms. The zero-order valence-corrected chi connectivity index (χ0v) is 14.7. The van der Waals surface area contributed by atoms with Crippen molar-refractivity contribution >= 4 is 28.6 Å². The number of hydrogen-bond acceptors (Lipinski definition) is 4. The second kappa shape index (κ2) is 7.83. The second-order valence-electron chi connectivity index (χ2n) is 6.43. The monoisotopic (exact) mass is 345 g/mol. The number of aromatic nitrogens is 2. The van der Waals surface area contributed by atoms with Crippen LogP contribution in [0.25, 0.3) is 10.9 Å². The third-order valence-electron chi connectivity index (χ3n) is 4.68. The highest BCUT2D eigenvalue weighted by molar-refractivity contribution is 7.99. The molecule has 0 radical (unpaired) electrons. The Morgan fingerprint density at radius 1 is 1.33 bits per heavy atom. The van der Waals surface area contributed by atoms with Crippen molar-refractivity contribution in [1.82, 2.24) is 15.3 Å². The van der Waals surface area contributed by atoms with Crippen molar-refractivity contribution in [1.29, 1.82) is 0 Å². The molecule has 1 amide bonds. The Bertz CT molecular complexity index is 768. The number of nitrogens with zero attached hydrogens (tertiary/aromatic N) is 1. The van der Waals surface area contributed by atoms with Crippen LogP contribution in [0, 0.1) is 5.92 Å². The van der Waals surface area contributed by atoms with E-state index >= 15 is 0 Å². The molecule has 1 atom stereocenters. The van der Waals surface area contributed by atoms with Gasteiger partial charge in [-0.3, -0.25) is 9.59 Å². The third kappa shape index (κ3) is 4.17. The topological polar surface area (TPSA) is 74.8 Å². The van der Waals surface area contributed by atoms with Crippen molar-refractivity contribution < 1.29 is 4.79 Å². The number of benzene rings is 1. The van der Waals surface area contributed by atoms with Gasteiger partial charge in [-0.05, 0) is 37.8 Å². The first kappa shape index (κ1) is 17.0. The Labute approximate surface area is 145 Å². The molecular weight excluding hydrogens is 322 g/mol. The van der Waals surface area contributed by atoms with E-state index in [0.29, 0.717) is 22.0 Å². The van der Waals surface area contributed by atoms with Gasteiger partial charge in [-0.1, -0.05) is 43.2 Å². The maximum absolute atomic E-state index is 12.2. The van der Waals surface area contributed by atoms with Crippen LogP contribution in [0.1, 0.15) is 39.0 Å². The number of thioether (sulfide) groups is 1. The number of fused-ring (bicyclic) bond motifs is 1. The number of hydrogen-bond donors (Lipinski definition) is 2. The molecule has 24 heavy (non-hydrogen) atoms. The molecule has 0 bridgehead atoms. The van der Waals surface area contributed by atoms with E-state index in [2.05, 4.69) is 22.2 Å². The summed E-state index contributed by atoms with van der Waals surface area (Å²) in [4.78, 5) is 31.3. The molecule has 0 aliphatic heterocycles.